The highest BCUT2D eigenvalue weighted by Gasteiger charge is 2.29. The number of sulfonamides is 1. The molecule has 1 fully saturated rings. The number of carbonyl (C=O) groups excluding carboxylic acids is 1. The summed E-state index contributed by atoms with van der Waals surface area (Å²) in [5.74, 6) is -0.536. The maximum Gasteiger partial charge on any atom is 0.355 e. The highest BCUT2D eigenvalue weighted by atomic mass is 35.5. The van der Waals surface area contributed by atoms with E-state index in [2.05, 4.69) is 15.0 Å². The number of carbonyl (C=O) groups is 1. The maximum absolute atomic E-state index is 12.6. The molecule has 0 radical (unpaired) electrons. The smallest absolute Gasteiger partial charge is 0.355 e. The molecule has 0 aromatic carbocycles. The van der Waals surface area contributed by atoms with Crippen LogP contribution in [0, 0.1) is 13.8 Å². The van der Waals surface area contributed by atoms with Crippen molar-refractivity contribution in [2.24, 2.45) is 0 Å². The summed E-state index contributed by atoms with van der Waals surface area (Å²) < 4.78 is 32.9. The summed E-state index contributed by atoms with van der Waals surface area (Å²) >= 11 is 0. The van der Waals surface area contributed by atoms with Gasteiger partial charge in [0.2, 0.25) is 10.0 Å². The molecule has 23 heavy (non-hydrogen) atoms. The molecule has 2 heterocycles. The first-order valence-electron chi connectivity index (χ1n) is 7.46. The van der Waals surface area contributed by atoms with E-state index >= 15 is 0 Å². The van der Waals surface area contributed by atoms with Crippen molar-refractivity contribution in [1.82, 2.24) is 15.0 Å². The van der Waals surface area contributed by atoms with E-state index in [1.165, 1.54) is 0 Å². The van der Waals surface area contributed by atoms with Crippen LogP contribution in [0.1, 0.15) is 41.5 Å². The van der Waals surface area contributed by atoms with Gasteiger partial charge in [0.15, 0.2) is 0 Å². The Morgan fingerprint density at radius 3 is 2.48 bits per heavy atom. The monoisotopic (exact) mass is 365 g/mol. The van der Waals surface area contributed by atoms with E-state index in [-0.39, 0.29) is 35.6 Å². The molecular weight excluding hydrogens is 342 g/mol. The van der Waals surface area contributed by atoms with Gasteiger partial charge >= 0.3 is 5.97 Å². The molecule has 0 aliphatic carbocycles. The number of aryl methyl sites for hydroxylation is 1. The molecule has 0 amide bonds. The minimum absolute atomic E-state index is 0. The van der Waals surface area contributed by atoms with Gasteiger partial charge in [0.1, 0.15) is 10.6 Å². The Labute approximate surface area is 143 Å². The summed E-state index contributed by atoms with van der Waals surface area (Å²) in [5.41, 5.74) is 1.05. The lowest BCUT2D eigenvalue weighted by Gasteiger charge is -2.23. The van der Waals surface area contributed by atoms with Crippen molar-refractivity contribution in [2.45, 2.75) is 44.6 Å². The van der Waals surface area contributed by atoms with Crippen molar-refractivity contribution in [3.63, 3.8) is 0 Å². The largest absolute Gasteiger partial charge is 0.461 e. The minimum Gasteiger partial charge on any atom is -0.461 e. The fourth-order valence-corrected chi connectivity index (χ4v) is 4.51. The normalized spacial score (nSPS) is 16.0. The van der Waals surface area contributed by atoms with E-state index < -0.39 is 16.0 Å². The number of hydrogen-bond acceptors (Lipinski definition) is 5. The quantitative estimate of drug-likeness (QED) is 0.682. The number of H-pyrrole nitrogens is 1. The minimum atomic E-state index is -3.67. The fourth-order valence-electron chi connectivity index (χ4n) is 2.76. The van der Waals surface area contributed by atoms with Crippen LogP contribution in [0.25, 0.3) is 0 Å². The van der Waals surface area contributed by atoms with Crippen LogP contribution < -0.4 is 10.0 Å². The second-order valence-electron chi connectivity index (χ2n) is 5.45. The predicted octanol–water partition coefficient (Wildman–Crippen LogP) is 1.26. The SMILES string of the molecule is CCOC(=O)c1[nH]c(C)c(S(=O)(=O)NC2CCNCC2)c1C.Cl. The number of hydrogen-bond donors (Lipinski definition) is 3. The Morgan fingerprint density at radius 1 is 1.30 bits per heavy atom. The lowest BCUT2D eigenvalue weighted by Crippen LogP contribution is -2.42. The number of aromatic amines is 1. The van der Waals surface area contributed by atoms with Crippen LogP contribution in [-0.4, -0.2) is 45.1 Å². The van der Waals surface area contributed by atoms with E-state index in [1.54, 1.807) is 20.8 Å². The first-order valence-corrected chi connectivity index (χ1v) is 8.94. The summed E-state index contributed by atoms with van der Waals surface area (Å²) in [7, 11) is -3.67. The van der Waals surface area contributed by atoms with Crippen molar-refractivity contribution >= 4 is 28.4 Å². The number of aromatic nitrogens is 1. The van der Waals surface area contributed by atoms with Gasteiger partial charge in [-0.15, -0.1) is 12.4 Å². The number of rotatable bonds is 5. The molecule has 1 aliphatic heterocycles. The number of nitrogens with one attached hydrogen (secondary N) is 3. The van der Waals surface area contributed by atoms with Gasteiger partial charge in [-0.05, 0) is 46.7 Å². The standard InChI is InChI=1S/C14H23N3O4S.ClH/c1-4-21-14(18)12-9(2)13(10(3)16-12)22(19,20)17-11-5-7-15-8-6-11;/h11,15-17H,4-8H2,1-3H3;1H. The molecule has 0 atom stereocenters. The van der Waals surface area contributed by atoms with Crippen molar-refractivity contribution in [1.29, 1.82) is 0 Å². The number of halogens is 1. The number of esters is 1. The highest BCUT2D eigenvalue weighted by molar-refractivity contribution is 7.89. The third-order valence-electron chi connectivity index (χ3n) is 3.78. The summed E-state index contributed by atoms with van der Waals surface area (Å²) in [4.78, 5) is 14.9. The number of piperidine rings is 1. The third kappa shape index (κ3) is 4.47. The average Bonchev–Trinajstić information content (AvgIpc) is 2.75. The van der Waals surface area contributed by atoms with Crippen molar-refractivity contribution in [3.8, 4) is 0 Å². The van der Waals surface area contributed by atoms with Crippen molar-refractivity contribution in [2.75, 3.05) is 19.7 Å². The molecule has 1 aliphatic rings. The molecule has 1 aromatic rings. The Morgan fingerprint density at radius 2 is 1.91 bits per heavy atom. The first-order chi connectivity index (χ1) is 10.4. The van der Waals surface area contributed by atoms with Crippen LogP contribution in [0.5, 0.6) is 0 Å². The van der Waals surface area contributed by atoms with Crippen molar-refractivity contribution in [3.05, 3.63) is 17.0 Å². The van der Waals surface area contributed by atoms with Gasteiger partial charge in [0.05, 0.1) is 6.61 Å². The Hall–Kier alpha value is -1.09. The van der Waals surface area contributed by atoms with Crippen molar-refractivity contribution < 1.29 is 17.9 Å². The molecule has 132 valence electrons. The van der Waals surface area contributed by atoms with Gasteiger partial charge in [-0.1, -0.05) is 0 Å². The fraction of sp³-hybridized carbons (Fsp3) is 0.643. The van der Waals surface area contributed by atoms with Gasteiger partial charge in [0, 0.05) is 17.3 Å². The molecule has 7 nitrogen and oxygen atoms in total. The molecule has 1 aromatic heterocycles. The van der Waals surface area contributed by atoms with Gasteiger partial charge in [-0.25, -0.2) is 17.9 Å². The van der Waals surface area contributed by atoms with Crippen LogP contribution in [0.15, 0.2) is 4.90 Å². The van der Waals surface area contributed by atoms with Crippen LogP contribution in [0.2, 0.25) is 0 Å². The van der Waals surface area contributed by atoms with Gasteiger partial charge < -0.3 is 15.0 Å². The molecule has 9 heteroatoms. The van der Waals surface area contributed by atoms with Gasteiger partial charge in [-0.3, -0.25) is 0 Å². The highest BCUT2D eigenvalue weighted by Crippen LogP contribution is 2.24. The second-order valence-corrected chi connectivity index (χ2v) is 7.10. The van der Waals surface area contributed by atoms with Crippen LogP contribution in [0.4, 0.5) is 0 Å². The van der Waals surface area contributed by atoms with E-state index in [0.29, 0.717) is 11.3 Å². The molecule has 3 N–H and O–H groups in total. The van der Waals surface area contributed by atoms with E-state index in [0.717, 1.165) is 25.9 Å². The zero-order chi connectivity index (χ0) is 16.3. The predicted molar refractivity (Wildman–Crippen MR) is 89.7 cm³/mol. The zero-order valence-corrected chi connectivity index (χ0v) is 15.2. The summed E-state index contributed by atoms with van der Waals surface area (Å²) in [6.07, 6.45) is 1.51. The van der Waals surface area contributed by atoms with E-state index in [4.69, 9.17) is 4.74 Å². The van der Waals surface area contributed by atoms with Gasteiger partial charge in [0.25, 0.3) is 0 Å². The first kappa shape index (κ1) is 20.0. The molecule has 0 spiro atoms. The molecule has 0 saturated carbocycles. The summed E-state index contributed by atoms with van der Waals surface area (Å²) in [6, 6.07) is -0.0778. The number of ether oxygens (including phenoxy) is 1. The average molecular weight is 366 g/mol. The molecule has 2 rings (SSSR count). The van der Waals surface area contributed by atoms with Crippen LogP contribution >= 0.6 is 12.4 Å². The van der Waals surface area contributed by atoms with Crippen LogP contribution in [-0.2, 0) is 14.8 Å². The third-order valence-corrected chi connectivity index (χ3v) is 5.57. The topological polar surface area (TPSA) is 100 Å². The molecule has 1 saturated heterocycles. The lowest BCUT2D eigenvalue weighted by molar-refractivity contribution is 0.0519. The van der Waals surface area contributed by atoms with Gasteiger partial charge in [-0.2, -0.15) is 0 Å². The summed E-state index contributed by atoms with van der Waals surface area (Å²) in [6.45, 7) is 6.81. The van der Waals surface area contributed by atoms with E-state index in [9.17, 15) is 13.2 Å². The second kappa shape index (κ2) is 8.14. The Bertz CT molecular complexity index is 651. The molecule has 0 bridgehead atoms. The van der Waals surface area contributed by atoms with Crippen LogP contribution in [0.3, 0.4) is 0 Å². The molecular formula is C14H24ClN3O4S. The zero-order valence-electron chi connectivity index (χ0n) is 13.6. The Balaban J connectivity index is 0.00000264. The van der Waals surface area contributed by atoms with E-state index in [1.807, 2.05) is 0 Å². The molecule has 0 unspecified atom stereocenters. The maximum atomic E-state index is 12.6. The Kier molecular flexibility index (Phi) is 7.06. The summed E-state index contributed by atoms with van der Waals surface area (Å²) in [5, 5.41) is 3.19. The lowest BCUT2D eigenvalue weighted by atomic mass is 10.1.